The first-order valence-electron chi connectivity index (χ1n) is 9.48. The van der Waals surface area contributed by atoms with Crippen LogP contribution >= 0.6 is 11.6 Å². The average molecular weight is 406 g/mol. The van der Waals surface area contributed by atoms with Gasteiger partial charge in [0.15, 0.2) is 5.60 Å². The van der Waals surface area contributed by atoms with Crippen LogP contribution in [-0.2, 0) is 10.4 Å². The minimum absolute atomic E-state index is 0.271. The maximum absolute atomic E-state index is 13.4. The highest BCUT2D eigenvalue weighted by atomic mass is 35.5. The summed E-state index contributed by atoms with van der Waals surface area (Å²) in [5.74, 6) is 5.01. The summed E-state index contributed by atoms with van der Waals surface area (Å²) in [6, 6.07) is 16.7. The molecule has 4 nitrogen and oxygen atoms in total. The van der Waals surface area contributed by atoms with Crippen molar-refractivity contribution in [1.82, 2.24) is 0 Å². The van der Waals surface area contributed by atoms with E-state index in [1.165, 1.54) is 0 Å². The van der Waals surface area contributed by atoms with Gasteiger partial charge < -0.3 is 15.1 Å². The lowest BCUT2D eigenvalue weighted by Crippen LogP contribution is -2.41. The van der Waals surface area contributed by atoms with Crippen LogP contribution in [0.15, 0.2) is 54.6 Å². The summed E-state index contributed by atoms with van der Waals surface area (Å²) < 4.78 is 0. The van der Waals surface area contributed by atoms with Crippen molar-refractivity contribution < 1.29 is 15.0 Å². The van der Waals surface area contributed by atoms with Crippen LogP contribution in [0.3, 0.4) is 0 Å². The highest BCUT2D eigenvalue weighted by molar-refractivity contribution is 6.33. The molecular weight excluding hydrogens is 386 g/mol. The summed E-state index contributed by atoms with van der Waals surface area (Å²) in [4.78, 5) is 15.0. The zero-order chi connectivity index (χ0) is 20.6. The molecule has 0 aliphatic carbocycles. The molecule has 29 heavy (non-hydrogen) atoms. The van der Waals surface area contributed by atoms with Crippen molar-refractivity contribution in [3.05, 3.63) is 76.3 Å². The molecule has 146 valence electrons. The van der Waals surface area contributed by atoms with Crippen molar-refractivity contribution in [1.29, 1.82) is 0 Å². The van der Waals surface area contributed by atoms with Crippen LogP contribution in [0.1, 0.15) is 30.0 Å². The first-order valence-corrected chi connectivity index (χ1v) is 9.86. The van der Waals surface area contributed by atoms with Crippen molar-refractivity contribution in [2.24, 2.45) is 0 Å². The monoisotopic (exact) mass is 405 g/mol. The van der Waals surface area contributed by atoms with E-state index in [9.17, 15) is 9.90 Å². The second-order valence-electron chi connectivity index (χ2n) is 7.04. The van der Waals surface area contributed by atoms with E-state index in [4.69, 9.17) is 16.7 Å². The number of rotatable bonds is 3. The Morgan fingerprint density at radius 2 is 1.86 bits per heavy atom. The molecule has 0 spiro atoms. The van der Waals surface area contributed by atoms with Crippen LogP contribution in [0.25, 0.3) is 10.8 Å². The zero-order valence-corrected chi connectivity index (χ0v) is 16.7. The molecule has 0 aromatic heterocycles. The van der Waals surface area contributed by atoms with Crippen LogP contribution < -0.4 is 4.90 Å². The van der Waals surface area contributed by atoms with Gasteiger partial charge in [0, 0.05) is 17.7 Å². The number of carbonyl (C=O) groups is 1. The summed E-state index contributed by atoms with van der Waals surface area (Å²) >= 11 is 6.57. The Balaban J connectivity index is 1.95. The zero-order valence-electron chi connectivity index (χ0n) is 15.9. The van der Waals surface area contributed by atoms with Gasteiger partial charge in [0.05, 0.1) is 10.7 Å². The van der Waals surface area contributed by atoms with E-state index in [0.717, 1.165) is 17.2 Å². The van der Waals surface area contributed by atoms with Gasteiger partial charge >= 0.3 is 0 Å². The number of aliphatic hydroxyl groups is 2. The molecule has 2 N–H and O–H groups in total. The lowest BCUT2D eigenvalue weighted by molar-refractivity contribution is -0.132. The number of aliphatic hydroxyl groups excluding tert-OH is 1. The van der Waals surface area contributed by atoms with Crippen LogP contribution in [-0.4, -0.2) is 29.3 Å². The summed E-state index contributed by atoms with van der Waals surface area (Å²) in [6.45, 7) is 2.15. The maximum Gasteiger partial charge on any atom is 0.268 e. The molecule has 0 radical (unpaired) electrons. The van der Waals surface area contributed by atoms with Gasteiger partial charge in [-0.2, -0.15) is 0 Å². The molecule has 0 bridgehead atoms. The Labute approximate surface area is 174 Å². The van der Waals surface area contributed by atoms with Gasteiger partial charge in [0.2, 0.25) is 0 Å². The number of carbonyl (C=O) groups excluding carboxylic acids is 1. The van der Waals surface area contributed by atoms with E-state index in [2.05, 4.69) is 11.8 Å². The third-order valence-corrected chi connectivity index (χ3v) is 5.50. The van der Waals surface area contributed by atoms with Crippen molar-refractivity contribution in [3.63, 3.8) is 0 Å². The van der Waals surface area contributed by atoms with Crippen LogP contribution in [0.4, 0.5) is 5.69 Å². The topological polar surface area (TPSA) is 60.8 Å². The number of fused-ring (bicyclic) bond motifs is 2. The average Bonchev–Trinajstić information content (AvgIpc) is 2.95. The van der Waals surface area contributed by atoms with Crippen LogP contribution in [0.2, 0.25) is 5.02 Å². The number of benzene rings is 3. The number of nitrogens with zero attached hydrogens (tertiary/aromatic N) is 1. The Bertz CT molecular complexity index is 1180. The fraction of sp³-hybridized carbons (Fsp3) is 0.208. The fourth-order valence-corrected chi connectivity index (χ4v) is 4.27. The van der Waals surface area contributed by atoms with E-state index in [0.29, 0.717) is 28.9 Å². The van der Waals surface area contributed by atoms with E-state index >= 15 is 0 Å². The molecule has 1 amide bonds. The lowest BCUT2D eigenvalue weighted by atomic mass is 9.86. The molecule has 0 saturated heterocycles. The van der Waals surface area contributed by atoms with Crippen LogP contribution in [0, 0.1) is 11.8 Å². The predicted molar refractivity (Wildman–Crippen MR) is 115 cm³/mol. The molecule has 1 aliphatic rings. The van der Waals surface area contributed by atoms with Gasteiger partial charge in [0.25, 0.3) is 5.91 Å². The van der Waals surface area contributed by atoms with E-state index in [-0.39, 0.29) is 11.6 Å². The van der Waals surface area contributed by atoms with E-state index in [1.54, 1.807) is 23.1 Å². The first-order chi connectivity index (χ1) is 14.0. The van der Waals surface area contributed by atoms with Gasteiger partial charge in [-0.25, -0.2) is 0 Å². The Kier molecular flexibility index (Phi) is 5.06. The summed E-state index contributed by atoms with van der Waals surface area (Å²) in [7, 11) is 0. The molecular formula is C24H20ClNO3. The van der Waals surface area contributed by atoms with Gasteiger partial charge in [0.1, 0.15) is 6.61 Å². The summed E-state index contributed by atoms with van der Waals surface area (Å²) in [5, 5.41) is 22.9. The number of halogens is 1. The third-order valence-electron chi connectivity index (χ3n) is 5.20. The molecule has 1 unspecified atom stereocenters. The normalized spacial score (nSPS) is 17.9. The maximum atomic E-state index is 13.4. The lowest BCUT2D eigenvalue weighted by Gasteiger charge is -2.24. The van der Waals surface area contributed by atoms with Gasteiger partial charge in [-0.1, -0.05) is 66.8 Å². The molecule has 0 saturated carbocycles. The standard InChI is InChI=1S/C24H20ClNO3/c1-2-11-26-21-14-16(6-5-12-27)13-20(25)22(21)24(29,23(26)28)19-10-9-17-7-3-4-8-18(17)15-19/h3-4,7-10,13-15,27,29H,2,11-12H2,1H3. The molecule has 1 heterocycles. The van der Waals surface area contributed by atoms with Crippen molar-refractivity contribution >= 4 is 34.0 Å². The first kappa shape index (κ1) is 19.5. The Morgan fingerprint density at radius 1 is 1.10 bits per heavy atom. The molecule has 5 heteroatoms. The summed E-state index contributed by atoms with van der Waals surface area (Å²) in [6.07, 6.45) is 0.725. The number of anilines is 1. The number of hydrogen-bond donors (Lipinski definition) is 2. The van der Waals surface area contributed by atoms with E-state index < -0.39 is 11.5 Å². The van der Waals surface area contributed by atoms with Gasteiger partial charge in [-0.3, -0.25) is 4.79 Å². The van der Waals surface area contributed by atoms with E-state index in [1.807, 2.05) is 43.3 Å². The minimum atomic E-state index is -1.87. The predicted octanol–water partition coefficient (Wildman–Crippen LogP) is 3.83. The largest absolute Gasteiger partial charge is 0.384 e. The molecule has 3 aromatic carbocycles. The summed E-state index contributed by atoms with van der Waals surface area (Å²) in [5.41, 5.74) is 0.135. The van der Waals surface area contributed by atoms with Crippen LogP contribution in [0.5, 0.6) is 0 Å². The molecule has 4 rings (SSSR count). The quantitative estimate of drug-likeness (QED) is 0.651. The molecule has 0 fully saturated rings. The molecule has 1 atom stereocenters. The molecule has 3 aromatic rings. The fourth-order valence-electron chi connectivity index (χ4n) is 3.92. The molecule has 1 aliphatic heterocycles. The minimum Gasteiger partial charge on any atom is -0.384 e. The van der Waals surface area contributed by atoms with Gasteiger partial charge in [-0.05, 0) is 41.0 Å². The smallest absolute Gasteiger partial charge is 0.268 e. The Morgan fingerprint density at radius 3 is 2.59 bits per heavy atom. The SMILES string of the molecule is CCCN1C(=O)C(O)(c2ccc3ccccc3c2)c2c(Cl)cc(C#CCO)cc21. The number of amides is 1. The van der Waals surface area contributed by atoms with Crippen molar-refractivity contribution in [2.75, 3.05) is 18.1 Å². The highest BCUT2D eigenvalue weighted by Gasteiger charge is 2.52. The Hall–Kier alpha value is -2.84. The van der Waals surface area contributed by atoms with Gasteiger partial charge in [-0.15, -0.1) is 0 Å². The highest BCUT2D eigenvalue weighted by Crippen LogP contribution is 2.48. The number of hydrogen-bond acceptors (Lipinski definition) is 3. The third kappa shape index (κ3) is 3.08. The van der Waals surface area contributed by atoms with Crippen molar-refractivity contribution in [2.45, 2.75) is 18.9 Å². The second-order valence-corrected chi connectivity index (χ2v) is 7.45. The second kappa shape index (κ2) is 7.53. The van der Waals surface area contributed by atoms with Crippen molar-refractivity contribution in [3.8, 4) is 11.8 Å².